The summed E-state index contributed by atoms with van der Waals surface area (Å²) in [6.07, 6.45) is 2.95. The minimum Gasteiger partial charge on any atom is -0.268 e. The highest BCUT2D eigenvalue weighted by molar-refractivity contribution is 14.1. The summed E-state index contributed by atoms with van der Waals surface area (Å²) in [7, 11) is 0. The van der Waals surface area contributed by atoms with Crippen molar-refractivity contribution in [2.75, 3.05) is 4.90 Å². The number of halogens is 1. The number of nitrogens with zero attached hydrogens (tertiary/aromatic N) is 2. The molecule has 2 amide bonds. The maximum absolute atomic E-state index is 12.2. The highest BCUT2D eigenvalue weighted by Crippen LogP contribution is 2.27. The van der Waals surface area contributed by atoms with Gasteiger partial charge in [-0.25, -0.2) is 4.90 Å². The van der Waals surface area contributed by atoms with E-state index >= 15 is 0 Å². The van der Waals surface area contributed by atoms with Crippen LogP contribution in [0.2, 0.25) is 0 Å². The molecule has 2 heterocycles. The highest BCUT2D eigenvalue weighted by Gasteiger charge is 2.36. The fourth-order valence-electron chi connectivity index (χ4n) is 1.91. The summed E-state index contributed by atoms with van der Waals surface area (Å²) in [5.74, 6) is -0.608. The number of amides is 2. The predicted molar refractivity (Wildman–Crippen MR) is 74.5 cm³/mol. The third-order valence-electron chi connectivity index (χ3n) is 2.77. The first-order chi connectivity index (χ1) is 8.68. The SMILES string of the molecule is O=C1c2ccncc2C(=O)N1c1ccc(I)cc1. The van der Waals surface area contributed by atoms with Gasteiger partial charge in [-0.15, -0.1) is 0 Å². The third kappa shape index (κ3) is 1.62. The lowest BCUT2D eigenvalue weighted by Crippen LogP contribution is -2.29. The third-order valence-corrected chi connectivity index (χ3v) is 3.49. The number of aromatic nitrogens is 1. The molecule has 0 bridgehead atoms. The molecular weight excluding hydrogens is 343 g/mol. The van der Waals surface area contributed by atoms with E-state index in [1.54, 1.807) is 18.2 Å². The number of hydrogen-bond donors (Lipinski definition) is 0. The molecule has 0 fully saturated rings. The average Bonchev–Trinajstić information content (AvgIpc) is 2.64. The van der Waals surface area contributed by atoms with Crippen molar-refractivity contribution < 1.29 is 9.59 Å². The smallest absolute Gasteiger partial charge is 0.267 e. The molecule has 0 radical (unpaired) electrons. The van der Waals surface area contributed by atoms with Crippen LogP contribution < -0.4 is 4.90 Å². The van der Waals surface area contributed by atoms with E-state index in [4.69, 9.17) is 0 Å². The molecule has 0 spiro atoms. The molecule has 1 aromatic heterocycles. The highest BCUT2D eigenvalue weighted by atomic mass is 127. The second kappa shape index (κ2) is 4.16. The summed E-state index contributed by atoms with van der Waals surface area (Å²) < 4.78 is 1.05. The van der Waals surface area contributed by atoms with E-state index in [0.29, 0.717) is 16.8 Å². The first-order valence-corrected chi connectivity index (χ1v) is 6.35. The quantitative estimate of drug-likeness (QED) is 0.587. The monoisotopic (exact) mass is 350 g/mol. The molecule has 0 unspecified atom stereocenters. The van der Waals surface area contributed by atoms with Crippen LogP contribution in [0.5, 0.6) is 0 Å². The minimum absolute atomic E-state index is 0.293. The lowest BCUT2D eigenvalue weighted by atomic mass is 10.2. The maximum atomic E-state index is 12.2. The van der Waals surface area contributed by atoms with E-state index in [9.17, 15) is 9.59 Å². The number of pyridine rings is 1. The summed E-state index contributed by atoms with van der Waals surface area (Å²) in [4.78, 5) is 29.4. The van der Waals surface area contributed by atoms with Crippen LogP contribution in [0.3, 0.4) is 0 Å². The summed E-state index contributed by atoms with van der Waals surface area (Å²) in [5, 5.41) is 0. The molecule has 1 aromatic carbocycles. The Morgan fingerprint density at radius 1 is 0.944 bits per heavy atom. The molecule has 1 aliphatic rings. The summed E-state index contributed by atoms with van der Waals surface area (Å²) in [6, 6.07) is 8.81. The fourth-order valence-corrected chi connectivity index (χ4v) is 2.27. The van der Waals surface area contributed by atoms with Gasteiger partial charge in [-0.1, -0.05) is 0 Å². The van der Waals surface area contributed by atoms with Crippen molar-refractivity contribution in [3.63, 3.8) is 0 Å². The van der Waals surface area contributed by atoms with Crippen molar-refractivity contribution in [1.82, 2.24) is 4.98 Å². The Bertz CT molecular complexity index is 617. The lowest BCUT2D eigenvalue weighted by Gasteiger charge is -2.13. The Hall–Kier alpha value is -1.76. The van der Waals surface area contributed by atoms with Gasteiger partial charge in [-0.3, -0.25) is 14.6 Å². The number of benzene rings is 1. The van der Waals surface area contributed by atoms with Crippen molar-refractivity contribution in [1.29, 1.82) is 0 Å². The summed E-state index contributed by atoms with van der Waals surface area (Å²) in [6.45, 7) is 0. The van der Waals surface area contributed by atoms with Gasteiger partial charge < -0.3 is 0 Å². The van der Waals surface area contributed by atoms with Crippen LogP contribution in [-0.2, 0) is 0 Å². The van der Waals surface area contributed by atoms with Crippen molar-refractivity contribution in [3.8, 4) is 0 Å². The topological polar surface area (TPSA) is 50.3 Å². The number of imide groups is 1. The molecule has 0 atom stereocenters. The number of hydrogen-bond acceptors (Lipinski definition) is 3. The van der Waals surface area contributed by atoms with Crippen LogP contribution in [0.25, 0.3) is 0 Å². The van der Waals surface area contributed by atoms with Gasteiger partial charge in [0.25, 0.3) is 11.8 Å². The standard InChI is InChI=1S/C13H7IN2O2/c14-8-1-3-9(4-2-8)16-12(17)10-5-6-15-7-11(10)13(16)18/h1-7H. The second-order valence-electron chi connectivity index (χ2n) is 3.84. The van der Waals surface area contributed by atoms with Gasteiger partial charge in [0.2, 0.25) is 0 Å². The molecule has 5 heteroatoms. The molecule has 3 rings (SSSR count). The zero-order chi connectivity index (χ0) is 12.7. The van der Waals surface area contributed by atoms with Crippen molar-refractivity contribution in [3.05, 3.63) is 57.4 Å². The van der Waals surface area contributed by atoms with Crippen LogP contribution in [-0.4, -0.2) is 16.8 Å². The van der Waals surface area contributed by atoms with Gasteiger partial charge in [0.15, 0.2) is 0 Å². The molecule has 88 valence electrons. The van der Waals surface area contributed by atoms with Crippen molar-refractivity contribution in [2.45, 2.75) is 0 Å². The van der Waals surface area contributed by atoms with E-state index in [-0.39, 0.29) is 11.8 Å². The summed E-state index contributed by atoms with van der Waals surface area (Å²) >= 11 is 2.17. The van der Waals surface area contributed by atoms with Crippen LogP contribution >= 0.6 is 22.6 Å². The Labute approximate surface area is 117 Å². The van der Waals surface area contributed by atoms with Gasteiger partial charge in [-0.2, -0.15) is 0 Å². The van der Waals surface area contributed by atoms with Crippen molar-refractivity contribution >= 4 is 40.1 Å². The predicted octanol–water partition coefficient (Wildman–Crippen LogP) is 2.49. The minimum atomic E-state index is -0.315. The first kappa shape index (κ1) is 11.3. The average molecular weight is 350 g/mol. The van der Waals surface area contributed by atoms with E-state index < -0.39 is 0 Å². The van der Waals surface area contributed by atoms with Gasteiger partial charge in [-0.05, 0) is 52.9 Å². The zero-order valence-corrected chi connectivity index (χ0v) is 11.3. The van der Waals surface area contributed by atoms with Gasteiger partial charge in [0.1, 0.15) is 0 Å². The molecule has 1 aliphatic heterocycles. The zero-order valence-electron chi connectivity index (χ0n) is 9.13. The van der Waals surface area contributed by atoms with E-state index in [0.717, 1.165) is 3.57 Å². The Morgan fingerprint density at radius 2 is 1.61 bits per heavy atom. The largest absolute Gasteiger partial charge is 0.268 e. The molecule has 2 aromatic rings. The van der Waals surface area contributed by atoms with E-state index in [1.165, 1.54) is 17.3 Å². The first-order valence-electron chi connectivity index (χ1n) is 5.27. The van der Waals surface area contributed by atoms with Gasteiger partial charge in [0.05, 0.1) is 16.8 Å². The van der Waals surface area contributed by atoms with Crippen LogP contribution in [0.15, 0.2) is 42.7 Å². The Balaban J connectivity index is 2.09. The van der Waals surface area contributed by atoms with Crippen LogP contribution in [0.4, 0.5) is 5.69 Å². The Morgan fingerprint density at radius 3 is 2.28 bits per heavy atom. The molecule has 0 saturated carbocycles. The molecule has 0 N–H and O–H groups in total. The molecule has 0 aliphatic carbocycles. The number of carbonyl (C=O) groups excluding carboxylic acids is 2. The summed E-state index contributed by atoms with van der Waals surface area (Å²) in [5.41, 5.74) is 1.36. The lowest BCUT2D eigenvalue weighted by molar-refractivity contribution is 0.0926. The number of fused-ring (bicyclic) bond motifs is 1. The van der Waals surface area contributed by atoms with Crippen LogP contribution in [0, 0.1) is 3.57 Å². The van der Waals surface area contributed by atoms with Crippen LogP contribution in [0.1, 0.15) is 20.7 Å². The molecule has 0 saturated heterocycles. The number of carbonyl (C=O) groups is 2. The number of rotatable bonds is 1. The van der Waals surface area contributed by atoms with Gasteiger partial charge in [0, 0.05) is 16.0 Å². The number of anilines is 1. The second-order valence-corrected chi connectivity index (χ2v) is 5.09. The van der Waals surface area contributed by atoms with E-state index in [2.05, 4.69) is 27.6 Å². The molecular formula is C13H7IN2O2. The van der Waals surface area contributed by atoms with Gasteiger partial charge >= 0.3 is 0 Å². The normalized spacial score (nSPS) is 13.9. The molecule has 18 heavy (non-hydrogen) atoms. The fraction of sp³-hybridized carbons (Fsp3) is 0. The molecule has 4 nitrogen and oxygen atoms in total. The maximum Gasteiger partial charge on any atom is 0.267 e. The van der Waals surface area contributed by atoms with E-state index in [1.807, 2.05) is 12.1 Å². The Kier molecular flexibility index (Phi) is 2.62. The van der Waals surface area contributed by atoms with Crippen molar-refractivity contribution in [2.24, 2.45) is 0 Å².